The number of nitrogens with two attached hydrogens (primary N) is 1. The van der Waals surface area contributed by atoms with Crippen molar-refractivity contribution in [2.75, 3.05) is 24.3 Å². The fourth-order valence-corrected chi connectivity index (χ4v) is 5.80. The van der Waals surface area contributed by atoms with Crippen LogP contribution in [-0.4, -0.2) is 46.6 Å². The number of benzene rings is 1. The Hall–Kier alpha value is -3.11. The summed E-state index contributed by atoms with van der Waals surface area (Å²) >= 11 is 0. The molecular weight excluding hydrogens is 433 g/mol. The number of hydrogen-bond acceptors (Lipinski definition) is 7. The molecule has 4 heterocycles. The average Bonchev–Trinajstić information content (AvgIpc) is 3.19. The van der Waals surface area contributed by atoms with Crippen molar-refractivity contribution in [3.05, 3.63) is 53.7 Å². The van der Waals surface area contributed by atoms with E-state index in [9.17, 15) is 12.8 Å². The van der Waals surface area contributed by atoms with E-state index in [1.165, 1.54) is 12.1 Å². The van der Waals surface area contributed by atoms with Crippen LogP contribution in [-0.2, 0) is 21.2 Å². The number of nitrogen functional groups attached to an aromatic ring is 1. The zero-order valence-electron chi connectivity index (χ0n) is 17.5. The van der Waals surface area contributed by atoms with Crippen LogP contribution in [0.1, 0.15) is 30.0 Å². The van der Waals surface area contributed by atoms with Crippen molar-refractivity contribution in [3.8, 4) is 11.1 Å². The number of sulfone groups is 1. The topological polar surface area (TPSA) is 112 Å². The highest BCUT2D eigenvalue weighted by molar-refractivity contribution is 7.91. The molecule has 1 aliphatic rings. The Balaban J connectivity index is 1.67. The van der Waals surface area contributed by atoms with Crippen molar-refractivity contribution in [2.24, 2.45) is 0 Å². The standard InChI is InChI=1S/C22H22FN5O3S/c1-31-12-18-20(13-4-6-32(29,30)7-5-13)27-22-17(11-26-28(22)21(18)24)15-8-14-9-16(23)2-3-19(14)25-10-15/h2-3,8-11,13H,4-7,12,24H2,1H3. The van der Waals surface area contributed by atoms with Gasteiger partial charge in [0.2, 0.25) is 0 Å². The van der Waals surface area contributed by atoms with Crippen molar-refractivity contribution in [1.82, 2.24) is 19.6 Å². The van der Waals surface area contributed by atoms with Gasteiger partial charge in [0.1, 0.15) is 21.5 Å². The number of halogens is 1. The van der Waals surface area contributed by atoms with Gasteiger partial charge in [0.05, 0.1) is 35.5 Å². The van der Waals surface area contributed by atoms with Gasteiger partial charge in [-0.05, 0) is 37.1 Å². The molecule has 1 fully saturated rings. The number of nitrogens with zero attached hydrogens (tertiary/aromatic N) is 4. The second-order valence-corrected chi connectivity index (χ2v) is 10.4. The molecule has 4 aromatic rings. The number of anilines is 1. The second kappa shape index (κ2) is 7.79. The van der Waals surface area contributed by atoms with E-state index in [4.69, 9.17) is 15.5 Å². The molecule has 8 nitrogen and oxygen atoms in total. The molecule has 0 amide bonds. The first-order valence-electron chi connectivity index (χ1n) is 10.3. The van der Waals surface area contributed by atoms with Gasteiger partial charge in [0, 0.05) is 41.3 Å². The van der Waals surface area contributed by atoms with Gasteiger partial charge < -0.3 is 10.5 Å². The van der Waals surface area contributed by atoms with E-state index in [1.54, 1.807) is 30.1 Å². The van der Waals surface area contributed by atoms with E-state index in [1.807, 2.05) is 6.07 Å². The third-order valence-corrected chi connectivity index (χ3v) is 7.72. The van der Waals surface area contributed by atoms with Gasteiger partial charge in [0.25, 0.3) is 0 Å². The van der Waals surface area contributed by atoms with E-state index in [-0.39, 0.29) is 29.8 Å². The fraction of sp³-hybridized carbons (Fsp3) is 0.318. The molecule has 0 saturated carbocycles. The van der Waals surface area contributed by atoms with Crippen LogP contribution in [0, 0.1) is 5.82 Å². The van der Waals surface area contributed by atoms with E-state index in [2.05, 4.69) is 10.1 Å². The molecule has 5 rings (SSSR count). The molecule has 1 saturated heterocycles. The van der Waals surface area contributed by atoms with Crippen LogP contribution in [0.4, 0.5) is 10.2 Å². The summed E-state index contributed by atoms with van der Waals surface area (Å²) in [4.78, 5) is 9.34. The minimum atomic E-state index is -3.01. The predicted octanol–water partition coefficient (Wildman–Crippen LogP) is 3.10. The lowest BCUT2D eigenvalue weighted by molar-refractivity contribution is 0.183. The number of methoxy groups -OCH3 is 1. The number of hydrogen-bond donors (Lipinski definition) is 1. The van der Waals surface area contributed by atoms with Crippen molar-refractivity contribution in [2.45, 2.75) is 25.4 Å². The number of fused-ring (bicyclic) bond motifs is 2. The van der Waals surface area contributed by atoms with Gasteiger partial charge in [-0.25, -0.2) is 17.8 Å². The minimum absolute atomic E-state index is 0.0393. The highest BCUT2D eigenvalue weighted by Crippen LogP contribution is 2.35. The Morgan fingerprint density at radius 1 is 1.22 bits per heavy atom. The summed E-state index contributed by atoms with van der Waals surface area (Å²) in [5.41, 5.74) is 10.6. The van der Waals surface area contributed by atoms with Gasteiger partial charge in [-0.15, -0.1) is 0 Å². The highest BCUT2D eigenvalue weighted by Gasteiger charge is 2.29. The van der Waals surface area contributed by atoms with Gasteiger partial charge in [0.15, 0.2) is 5.65 Å². The molecular formula is C22H22FN5O3S. The molecule has 0 atom stereocenters. The molecule has 1 aromatic carbocycles. The maximum absolute atomic E-state index is 13.7. The molecule has 32 heavy (non-hydrogen) atoms. The summed E-state index contributed by atoms with van der Waals surface area (Å²) in [5, 5.41) is 5.09. The Bertz CT molecular complexity index is 1440. The molecule has 2 N–H and O–H groups in total. The largest absolute Gasteiger partial charge is 0.383 e. The fourth-order valence-electron chi connectivity index (χ4n) is 4.31. The SMILES string of the molecule is COCc1c(C2CCS(=O)(=O)CC2)nc2c(-c3cnc4ccc(F)cc4c3)cnn2c1N. The monoisotopic (exact) mass is 455 g/mol. The Kier molecular flexibility index (Phi) is 5.06. The third-order valence-electron chi connectivity index (χ3n) is 6.00. The first-order chi connectivity index (χ1) is 15.4. The number of pyridine rings is 1. The maximum Gasteiger partial charge on any atom is 0.165 e. The molecule has 0 bridgehead atoms. The van der Waals surface area contributed by atoms with E-state index in [0.29, 0.717) is 40.8 Å². The van der Waals surface area contributed by atoms with E-state index >= 15 is 0 Å². The Morgan fingerprint density at radius 2 is 2.00 bits per heavy atom. The van der Waals surface area contributed by atoms with Crippen molar-refractivity contribution in [1.29, 1.82) is 0 Å². The molecule has 1 aliphatic heterocycles. The number of ether oxygens (including phenoxy) is 1. The zero-order chi connectivity index (χ0) is 22.5. The van der Waals surface area contributed by atoms with E-state index < -0.39 is 9.84 Å². The summed E-state index contributed by atoms with van der Waals surface area (Å²) < 4.78 is 44.5. The quantitative estimate of drug-likeness (QED) is 0.503. The summed E-state index contributed by atoms with van der Waals surface area (Å²) in [7, 11) is -1.44. The normalized spacial score (nSPS) is 16.7. The first kappa shape index (κ1) is 20.8. The zero-order valence-corrected chi connectivity index (χ0v) is 18.3. The lowest BCUT2D eigenvalue weighted by atomic mass is 9.94. The van der Waals surface area contributed by atoms with Crippen molar-refractivity contribution in [3.63, 3.8) is 0 Å². The van der Waals surface area contributed by atoms with Crippen molar-refractivity contribution < 1.29 is 17.5 Å². The lowest BCUT2D eigenvalue weighted by Crippen LogP contribution is -2.24. The van der Waals surface area contributed by atoms with Gasteiger partial charge in [-0.3, -0.25) is 4.98 Å². The maximum atomic E-state index is 13.7. The summed E-state index contributed by atoms with van der Waals surface area (Å²) in [6.07, 6.45) is 4.33. The molecule has 0 spiro atoms. The van der Waals surface area contributed by atoms with Crippen LogP contribution in [0.2, 0.25) is 0 Å². The summed E-state index contributed by atoms with van der Waals surface area (Å²) in [5.74, 6) is 0.290. The van der Waals surface area contributed by atoms with Crippen molar-refractivity contribution >= 4 is 32.2 Å². The Labute approximate surface area is 184 Å². The van der Waals surface area contributed by atoms with Crippen LogP contribution in [0.15, 0.2) is 36.7 Å². The van der Waals surface area contributed by atoms with Gasteiger partial charge >= 0.3 is 0 Å². The molecule has 10 heteroatoms. The molecule has 0 radical (unpaired) electrons. The predicted molar refractivity (Wildman–Crippen MR) is 119 cm³/mol. The highest BCUT2D eigenvalue weighted by atomic mass is 32.2. The molecule has 3 aromatic heterocycles. The Morgan fingerprint density at radius 3 is 2.75 bits per heavy atom. The van der Waals surface area contributed by atoms with Crippen LogP contribution in [0.5, 0.6) is 0 Å². The third kappa shape index (κ3) is 3.59. The summed E-state index contributed by atoms with van der Waals surface area (Å²) in [6, 6.07) is 6.29. The van der Waals surface area contributed by atoms with Crippen LogP contribution in [0.3, 0.4) is 0 Å². The summed E-state index contributed by atoms with van der Waals surface area (Å²) in [6.45, 7) is 0.249. The van der Waals surface area contributed by atoms with Crippen LogP contribution < -0.4 is 5.73 Å². The van der Waals surface area contributed by atoms with Crippen LogP contribution in [0.25, 0.3) is 27.7 Å². The minimum Gasteiger partial charge on any atom is -0.383 e. The molecule has 0 unspecified atom stereocenters. The molecule has 166 valence electrons. The molecule has 0 aliphatic carbocycles. The van der Waals surface area contributed by atoms with Gasteiger partial charge in [-0.2, -0.15) is 9.61 Å². The number of rotatable bonds is 4. The second-order valence-electron chi connectivity index (χ2n) is 8.07. The van der Waals surface area contributed by atoms with E-state index in [0.717, 1.165) is 16.8 Å². The first-order valence-corrected chi connectivity index (χ1v) is 12.1. The average molecular weight is 456 g/mol. The van der Waals surface area contributed by atoms with Gasteiger partial charge in [-0.1, -0.05) is 0 Å². The van der Waals surface area contributed by atoms with Crippen LogP contribution >= 0.6 is 0 Å². The smallest absolute Gasteiger partial charge is 0.165 e. The lowest BCUT2D eigenvalue weighted by Gasteiger charge is -2.24. The number of aromatic nitrogens is 4.